The molecular formula is C18H20N4O2. The minimum Gasteiger partial charge on any atom is -0.367 e. The predicted molar refractivity (Wildman–Crippen MR) is 90.7 cm³/mol. The summed E-state index contributed by atoms with van der Waals surface area (Å²) < 4.78 is 7.75. The number of benzene rings is 1. The van der Waals surface area contributed by atoms with Gasteiger partial charge in [-0.15, -0.1) is 0 Å². The fraction of sp³-hybridized carbons (Fsp3) is 0.333. The number of rotatable bonds is 2. The fourth-order valence-corrected chi connectivity index (χ4v) is 3.35. The zero-order valence-corrected chi connectivity index (χ0v) is 13.8. The Bertz CT molecular complexity index is 897. The third-order valence-electron chi connectivity index (χ3n) is 4.69. The smallest absolute Gasteiger partial charge is 0.256 e. The van der Waals surface area contributed by atoms with Gasteiger partial charge in [-0.25, -0.2) is 0 Å². The van der Waals surface area contributed by atoms with Crippen molar-refractivity contribution in [3.05, 3.63) is 54.0 Å². The van der Waals surface area contributed by atoms with Crippen LogP contribution in [-0.2, 0) is 17.4 Å². The largest absolute Gasteiger partial charge is 0.367 e. The number of H-pyrrole nitrogens is 1. The lowest BCUT2D eigenvalue weighted by atomic mass is 9.96. The zero-order chi connectivity index (χ0) is 16.7. The standard InChI is InChI=1S/C18H20N4O2/c1-18(14-10-20-21(2)11-14)12-22(8-9-24-18)17(23)15-5-3-4-13-6-7-19-16(13)15/h3-7,10-11,19H,8-9,12H2,1-2H3. The molecule has 6 nitrogen and oxygen atoms in total. The molecule has 0 spiro atoms. The van der Waals surface area contributed by atoms with Crippen LogP contribution in [0.15, 0.2) is 42.9 Å². The maximum Gasteiger partial charge on any atom is 0.256 e. The first-order chi connectivity index (χ1) is 11.6. The Morgan fingerprint density at radius 2 is 2.25 bits per heavy atom. The van der Waals surface area contributed by atoms with E-state index < -0.39 is 5.60 Å². The molecule has 1 unspecified atom stereocenters. The number of amides is 1. The Morgan fingerprint density at radius 3 is 3.04 bits per heavy atom. The van der Waals surface area contributed by atoms with E-state index in [1.54, 1.807) is 10.9 Å². The van der Waals surface area contributed by atoms with Crippen LogP contribution in [0.5, 0.6) is 0 Å². The van der Waals surface area contributed by atoms with Gasteiger partial charge < -0.3 is 14.6 Å². The monoisotopic (exact) mass is 324 g/mol. The van der Waals surface area contributed by atoms with Gasteiger partial charge in [-0.2, -0.15) is 5.10 Å². The molecule has 1 aromatic carbocycles. The molecule has 1 amide bonds. The molecule has 1 fully saturated rings. The summed E-state index contributed by atoms with van der Waals surface area (Å²) in [5.74, 6) is 0.0291. The van der Waals surface area contributed by atoms with Crippen LogP contribution in [0, 0.1) is 0 Å². The number of nitrogens with one attached hydrogen (secondary N) is 1. The first-order valence-corrected chi connectivity index (χ1v) is 8.05. The van der Waals surface area contributed by atoms with Crippen LogP contribution in [0.1, 0.15) is 22.8 Å². The van der Waals surface area contributed by atoms with E-state index >= 15 is 0 Å². The van der Waals surface area contributed by atoms with Crippen LogP contribution in [-0.4, -0.2) is 45.3 Å². The van der Waals surface area contributed by atoms with Crippen molar-refractivity contribution in [3.8, 4) is 0 Å². The number of para-hydroxylation sites is 1. The number of aryl methyl sites for hydroxylation is 1. The number of fused-ring (bicyclic) bond motifs is 1. The number of ether oxygens (including phenoxy) is 1. The molecule has 124 valence electrons. The second kappa shape index (κ2) is 5.49. The lowest BCUT2D eigenvalue weighted by Crippen LogP contribution is -2.50. The summed E-state index contributed by atoms with van der Waals surface area (Å²) in [5.41, 5.74) is 2.04. The van der Waals surface area contributed by atoms with Crippen molar-refractivity contribution in [1.82, 2.24) is 19.7 Å². The molecule has 1 atom stereocenters. The quantitative estimate of drug-likeness (QED) is 0.787. The zero-order valence-electron chi connectivity index (χ0n) is 13.8. The molecular weight excluding hydrogens is 304 g/mol. The van der Waals surface area contributed by atoms with Crippen LogP contribution in [0.3, 0.4) is 0 Å². The van der Waals surface area contributed by atoms with E-state index in [2.05, 4.69) is 10.1 Å². The van der Waals surface area contributed by atoms with Gasteiger partial charge in [0.2, 0.25) is 0 Å². The molecule has 0 aliphatic carbocycles. The number of hydrogen-bond donors (Lipinski definition) is 1. The molecule has 0 bridgehead atoms. The average Bonchev–Trinajstić information content (AvgIpc) is 3.22. The summed E-state index contributed by atoms with van der Waals surface area (Å²) in [7, 11) is 1.88. The minimum absolute atomic E-state index is 0.0291. The van der Waals surface area contributed by atoms with Gasteiger partial charge in [0.15, 0.2) is 0 Å². The van der Waals surface area contributed by atoms with Gasteiger partial charge in [-0.1, -0.05) is 12.1 Å². The third-order valence-corrected chi connectivity index (χ3v) is 4.69. The highest BCUT2D eigenvalue weighted by Gasteiger charge is 2.37. The van der Waals surface area contributed by atoms with Crippen molar-refractivity contribution in [1.29, 1.82) is 0 Å². The molecule has 1 aliphatic rings. The van der Waals surface area contributed by atoms with E-state index in [1.165, 1.54) is 0 Å². The molecule has 0 radical (unpaired) electrons. The maximum absolute atomic E-state index is 13.1. The van der Waals surface area contributed by atoms with Crippen LogP contribution in [0.25, 0.3) is 10.9 Å². The normalized spacial score (nSPS) is 21.3. The Labute approximate surface area is 140 Å². The number of carbonyl (C=O) groups is 1. The SMILES string of the molecule is Cn1cc(C2(C)CN(C(=O)c3cccc4cc[nH]c34)CCO2)cn1. The summed E-state index contributed by atoms with van der Waals surface area (Å²) in [6.45, 7) is 3.62. The molecule has 3 heterocycles. The number of hydrogen-bond acceptors (Lipinski definition) is 3. The molecule has 3 aromatic rings. The maximum atomic E-state index is 13.1. The molecule has 1 saturated heterocycles. The van der Waals surface area contributed by atoms with Crippen LogP contribution >= 0.6 is 0 Å². The van der Waals surface area contributed by atoms with Crippen molar-refractivity contribution < 1.29 is 9.53 Å². The predicted octanol–water partition coefficient (Wildman–Crippen LogP) is 2.29. The van der Waals surface area contributed by atoms with Gasteiger partial charge >= 0.3 is 0 Å². The van der Waals surface area contributed by atoms with E-state index in [1.807, 2.05) is 55.5 Å². The van der Waals surface area contributed by atoms with Gasteiger partial charge in [0.1, 0.15) is 5.60 Å². The van der Waals surface area contributed by atoms with Crippen molar-refractivity contribution in [2.45, 2.75) is 12.5 Å². The Hall–Kier alpha value is -2.60. The highest BCUT2D eigenvalue weighted by molar-refractivity contribution is 6.05. The molecule has 2 aromatic heterocycles. The first-order valence-electron chi connectivity index (χ1n) is 8.05. The van der Waals surface area contributed by atoms with Crippen LogP contribution in [0.2, 0.25) is 0 Å². The molecule has 0 saturated carbocycles. The fourth-order valence-electron chi connectivity index (χ4n) is 3.35. The van der Waals surface area contributed by atoms with Crippen molar-refractivity contribution in [3.63, 3.8) is 0 Å². The Balaban J connectivity index is 1.64. The molecule has 4 rings (SSSR count). The number of nitrogens with zero attached hydrogens (tertiary/aromatic N) is 3. The van der Waals surface area contributed by atoms with Crippen molar-refractivity contribution in [2.75, 3.05) is 19.7 Å². The van der Waals surface area contributed by atoms with E-state index in [0.29, 0.717) is 25.3 Å². The van der Waals surface area contributed by atoms with E-state index in [9.17, 15) is 4.79 Å². The van der Waals surface area contributed by atoms with E-state index in [0.717, 1.165) is 16.5 Å². The number of aromatic nitrogens is 3. The van der Waals surface area contributed by atoms with Crippen LogP contribution < -0.4 is 0 Å². The lowest BCUT2D eigenvalue weighted by molar-refractivity contribution is -0.0930. The minimum atomic E-state index is -0.536. The number of aromatic amines is 1. The molecule has 1 aliphatic heterocycles. The van der Waals surface area contributed by atoms with Gasteiger partial charge in [-0.3, -0.25) is 9.48 Å². The molecule has 24 heavy (non-hydrogen) atoms. The van der Waals surface area contributed by atoms with Gasteiger partial charge in [-0.05, 0) is 19.1 Å². The highest BCUT2D eigenvalue weighted by Crippen LogP contribution is 2.30. The third kappa shape index (κ3) is 2.39. The summed E-state index contributed by atoms with van der Waals surface area (Å²) in [4.78, 5) is 18.1. The van der Waals surface area contributed by atoms with Crippen molar-refractivity contribution >= 4 is 16.8 Å². The second-order valence-corrected chi connectivity index (χ2v) is 6.46. The van der Waals surface area contributed by atoms with E-state index in [-0.39, 0.29) is 5.91 Å². The lowest BCUT2D eigenvalue weighted by Gasteiger charge is -2.40. The highest BCUT2D eigenvalue weighted by atomic mass is 16.5. The number of morpholine rings is 1. The topological polar surface area (TPSA) is 63.2 Å². The summed E-state index contributed by atoms with van der Waals surface area (Å²) in [6, 6.07) is 7.77. The second-order valence-electron chi connectivity index (χ2n) is 6.46. The van der Waals surface area contributed by atoms with Crippen LogP contribution in [0.4, 0.5) is 0 Å². The average molecular weight is 324 g/mol. The van der Waals surface area contributed by atoms with Crippen molar-refractivity contribution in [2.24, 2.45) is 7.05 Å². The van der Waals surface area contributed by atoms with Gasteiger partial charge in [0.05, 0.1) is 30.4 Å². The Kier molecular flexibility index (Phi) is 3.42. The van der Waals surface area contributed by atoms with Gasteiger partial charge in [0, 0.05) is 36.9 Å². The summed E-state index contributed by atoms with van der Waals surface area (Å²) in [6.07, 6.45) is 5.61. The molecule has 1 N–H and O–H groups in total. The van der Waals surface area contributed by atoms with E-state index in [4.69, 9.17) is 4.74 Å². The Morgan fingerprint density at radius 1 is 1.38 bits per heavy atom. The number of carbonyl (C=O) groups excluding carboxylic acids is 1. The first kappa shape index (κ1) is 15.0. The van der Waals surface area contributed by atoms with Gasteiger partial charge in [0.25, 0.3) is 5.91 Å². The molecule has 6 heteroatoms. The summed E-state index contributed by atoms with van der Waals surface area (Å²) in [5, 5.41) is 5.27. The summed E-state index contributed by atoms with van der Waals surface area (Å²) >= 11 is 0.